The van der Waals surface area contributed by atoms with Crippen LogP contribution in [-0.2, 0) is 11.3 Å². The molecule has 0 aliphatic rings. The second kappa shape index (κ2) is 6.66. The van der Waals surface area contributed by atoms with E-state index in [1.54, 1.807) is 11.3 Å². The molecule has 1 aromatic heterocycles. The molecule has 20 heavy (non-hydrogen) atoms. The molecule has 0 fully saturated rings. The number of amides is 1. The Morgan fingerprint density at radius 2 is 2.00 bits per heavy atom. The van der Waals surface area contributed by atoms with Crippen molar-refractivity contribution in [3.63, 3.8) is 0 Å². The number of rotatable bonds is 5. The average Bonchev–Trinajstić information content (AvgIpc) is 2.78. The molecule has 0 saturated heterocycles. The van der Waals surface area contributed by atoms with E-state index in [-0.39, 0.29) is 5.91 Å². The lowest BCUT2D eigenvalue weighted by Gasteiger charge is -2.05. The van der Waals surface area contributed by atoms with Crippen LogP contribution in [0.3, 0.4) is 0 Å². The zero-order chi connectivity index (χ0) is 14.5. The minimum Gasteiger partial charge on any atom is -0.351 e. The average molecular weight is 288 g/mol. The van der Waals surface area contributed by atoms with E-state index < -0.39 is 0 Å². The maximum absolute atomic E-state index is 11.7. The Labute approximate surface area is 124 Å². The largest absolute Gasteiger partial charge is 0.351 e. The van der Waals surface area contributed by atoms with Crippen molar-refractivity contribution in [1.82, 2.24) is 10.3 Å². The first-order valence-electron chi connectivity index (χ1n) is 6.84. The fraction of sp³-hybridized carbons (Fsp3) is 0.375. The molecule has 0 aliphatic carbocycles. The van der Waals surface area contributed by atoms with Gasteiger partial charge in [-0.3, -0.25) is 4.79 Å². The standard InChI is InChI=1S/C16H20N2OS/c1-11(2)9-15(19)17-10-14-12(3)18-16(20-14)13-7-5-4-6-8-13/h4-8,11H,9-10H2,1-3H3,(H,17,19). The van der Waals surface area contributed by atoms with Crippen LogP contribution >= 0.6 is 11.3 Å². The lowest BCUT2D eigenvalue weighted by Crippen LogP contribution is -2.23. The van der Waals surface area contributed by atoms with Crippen LogP contribution in [-0.4, -0.2) is 10.9 Å². The first kappa shape index (κ1) is 14.7. The smallest absolute Gasteiger partial charge is 0.220 e. The SMILES string of the molecule is Cc1nc(-c2ccccc2)sc1CNC(=O)CC(C)C. The van der Waals surface area contributed by atoms with Crippen LogP contribution in [0, 0.1) is 12.8 Å². The number of aromatic nitrogens is 1. The Bertz CT molecular complexity index is 575. The van der Waals surface area contributed by atoms with Crippen LogP contribution in [0.1, 0.15) is 30.8 Å². The quantitative estimate of drug-likeness (QED) is 0.909. The number of hydrogen-bond donors (Lipinski definition) is 1. The molecule has 0 radical (unpaired) electrons. The second-order valence-corrected chi connectivity index (χ2v) is 6.35. The van der Waals surface area contributed by atoms with Gasteiger partial charge in [-0.2, -0.15) is 0 Å². The highest BCUT2D eigenvalue weighted by molar-refractivity contribution is 7.15. The molecule has 0 bridgehead atoms. The fourth-order valence-electron chi connectivity index (χ4n) is 1.92. The molecule has 1 aromatic carbocycles. The predicted octanol–water partition coefficient (Wildman–Crippen LogP) is 3.78. The molecule has 0 aliphatic heterocycles. The highest BCUT2D eigenvalue weighted by Gasteiger charge is 2.11. The Morgan fingerprint density at radius 1 is 1.30 bits per heavy atom. The molecule has 0 unspecified atom stereocenters. The van der Waals surface area contributed by atoms with Gasteiger partial charge in [0.2, 0.25) is 5.91 Å². The molecule has 2 aromatic rings. The summed E-state index contributed by atoms with van der Waals surface area (Å²) in [7, 11) is 0. The summed E-state index contributed by atoms with van der Waals surface area (Å²) in [5.74, 6) is 0.492. The van der Waals surface area contributed by atoms with Gasteiger partial charge in [0, 0.05) is 16.9 Å². The molecule has 1 amide bonds. The van der Waals surface area contributed by atoms with Gasteiger partial charge in [-0.25, -0.2) is 4.98 Å². The van der Waals surface area contributed by atoms with Gasteiger partial charge in [-0.15, -0.1) is 11.3 Å². The zero-order valence-electron chi connectivity index (χ0n) is 12.1. The van der Waals surface area contributed by atoms with E-state index in [2.05, 4.69) is 22.4 Å². The van der Waals surface area contributed by atoms with Crippen molar-refractivity contribution in [1.29, 1.82) is 0 Å². The Kier molecular flexibility index (Phi) is 4.90. The molecule has 3 nitrogen and oxygen atoms in total. The molecule has 106 valence electrons. The van der Waals surface area contributed by atoms with Crippen molar-refractivity contribution in [2.24, 2.45) is 5.92 Å². The highest BCUT2D eigenvalue weighted by atomic mass is 32.1. The number of aryl methyl sites for hydroxylation is 1. The molecule has 1 heterocycles. The normalized spacial score (nSPS) is 10.8. The summed E-state index contributed by atoms with van der Waals surface area (Å²) in [5.41, 5.74) is 2.12. The minimum absolute atomic E-state index is 0.106. The van der Waals surface area contributed by atoms with Gasteiger partial charge in [0.15, 0.2) is 0 Å². The van der Waals surface area contributed by atoms with Crippen LogP contribution in [0.2, 0.25) is 0 Å². The van der Waals surface area contributed by atoms with Gasteiger partial charge >= 0.3 is 0 Å². The molecular weight excluding hydrogens is 268 g/mol. The summed E-state index contributed by atoms with van der Waals surface area (Å²) in [5, 5.41) is 3.98. The van der Waals surface area contributed by atoms with E-state index in [4.69, 9.17) is 0 Å². The van der Waals surface area contributed by atoms with Crippen molar-refractivity contribution in [2.45, 2.75) is 33.7 Å². The van der Waals surface area contributed by atoms with E-state index in [0.717, 1.165) is 21.1 Å². The van der Waals surface area contributed by atoms with Crippen molar-refractivity contribution >= 4 is 17.2 Å². The molecule has 2 rings (SSSR count). The summed E-state index contributed by atoms with van der Waals surface area (Å²) in [6, 6.07) is 10.1. The van der Waals surface area contributed by atoms with Gasteiger partial charge in [0.05, 0.1) is 12.2 Å². The Hall–Kier alpha value is -1.68. The monoisotopic (exact) mass is 288 g/mol. The highest BCUT2D eigenvalue weighted by Crippen LogP contribution is 2.27. The Balaban J connectivity index is 2.03. The van der Waals surface area contributed by atoms with E-state index in [1.807, 2.05) is 39.0 Å². The van der Waals surface area contributed by atoms with E-state index in [9.17, 15) is 4.79 Å². The maximum atomic E-state index is 11.7. The van der Waals surface area contributed by atoms with Crippen molar-refractivity contribution in [3.8, 4) is 10.6 Å². The summed E-state index contributed by atoms with van der Waals surface area (Å²) >= 11 is 1.65. The first-order chi connectivity index (χ1) is 9.56. The number of benzene rings is 1. The molecule has 4 heteroatoms. The van der Waals surface area contributed by atoms with Gasteiger partial charge in [-0.05, 0) is 12.8 Å². The predicted molar refractivity (Wildman–Crippen MR) is 83.6 cm³/mol. The van der Waals surface area contributed by atoms with Gasteiger partial charge in [-0.1, -0.05) is 44.2 Å². The third kappa shape index (κ3) is 3.90. The van der Waals surface area contributed by atoms with Crippen LogP contribution in [0.15, 0.2) is 30.3 Å². The number of hydrogen-bond acceptors (Lipinski definition) is 3. The fourth-order valence-corrected chi connectivity index (χ4v) is 2.93. The minimum atomic E-state index is 0.106. The van der Waals surface area contributed by atoms with E-state index in [1.165, 1.54) is 0 Å². The topological polar surface area (TPSA) is 42.0 Å². The lowest BCUT2D eigenvalue weighted by molar-refractivity contribution is -0.121. The third-order valence-electron chi connectivity index (χ3n) is 2.95. The van der Waals surface area contributed by atoms with Crippen molar-refractivity contribution < 1.29 is 4.79 Å². The molecule has 0 saturated carbocycles. The van der Waals surface area contributed by atoms with Crippen molar-refractivity contribution in [2.75, 3.05) is 0 Å². The number of nitrogens with one attached hydrogen (secondary N) is 1. The molecule has 1 N–H and O–H groups in total. The van der Waals surface area contributed by atoms with Crippen molar-refractivity contribution in [3.05, 3.63) is 40.9 Å². The van der Waals surface area contributed by atoms with E-state index in [0.29, 0.717) is 18.9 Å². The summed E-state index contributed by atoms with van der Waals surface area (Å²) < 4.78 is 0. The van der Waals surface area contributed by atoms with Crippen LogP contribution in [0.25, 0.3) is 10.6 Å². The van der Waals surface area contributed by atoms with Crippen LogP contribution < -0.4 is 5.32 Å². The van der Waals surface area contributed by atoms with Gasteiger partial charge < -0.3 is 5.32 Å². The van der Waals surface area contributed by atoms with Crippen LogP contribution in [0.4, 0.5) is 0 Å². The number of nitrogens with zero attached hydrogens (tertiary/aromatic N) is 1. The van der Waals surface area contributed by atoms with Gasteiger partial charge in [0.25, 0.3) is 0 Å². The maximum Gasteiger partial charge on any atom is 0.220 e. The number of carbonyl (C=O) groups is 1. The summed E-state index contributed by atoms with van der Waals surface area (Å²) in [6.07, 6.45) is 0.573. The summed E-state index contributed by atoms with van der Waals surface area (Å²) in [4.78, 5) is 17.4. The van der Waals surface area contributed by atoms with Crippen LogP contribution in [0.5, 0.6) is 0 Å². The number of carbonyl (C=O) groups excluding carboxylic acids is 1. The lowest BCUT2D eigenvalue weighted by atomic mass is 10.1. The molecule has 0 spiro atoms. The zero-order valence-corrected chi connectivity index (χ0v) is 13.0. The molecule has 0 atom stereocenters. The van der Waals surface area contributed by atoms with E-state index >= 15 is 0 Å². The first-order valence-corrected chi connectivity index (χ1v) is 7.66. The Morgan fingerprint density at radius 3 is 2.65 bits per heavy atom. The number of thiazole rings is 1. The third-order valence-corrected chi connectivity index (χ3v) is 4.16. The van der Waals surface area contributed by atoms with Gasteiger partial charge in [0.1, 0.15) is 5.01 Å². The molecular formula is C16H20N2OS. The second-order valence-electron chi connectivity index (χ2n) is 5.27. The summed E-state index contributed by atoms with van der Waals surface area (Å²) in [6.45, 7) is 6.66.